The van der Waals surface area contributed by atoms with Crippen LogP contribution in [0.5, 0.6) is 0 Å². The lowest BCUT2D eigenvalue weighted by molar-refractivity contribution is 0.967. The zero-order valence-electron chi connectivity index (χ0n) is 5.87. The zero-order valence-corrected chi connectivity index (χ0v) is 6.69. The van der Waals surface area contributed by atoms with Crippen molar-refractivity contribution in [1.29, 1.82) is 0 Å². The van der Waals surface area contributed by atoms with Crippen molar-refractivity contribution in [2.24, 2.45) is 5.73 Å². The smallest absolute Gasteiger partial charge is 0.0975 e. The van der Waals surface area contributed by atoms with Crippen LogP contribution < -0.4 is 5.73 Å². The third-order valence-corrected chi connectivity index (χ3v) is 2.89. The minimum absolute atomic E-state index is 0.394. The van der Waals surface area contributed by atoms with Crippen LogP contribution in [0.2, 0.25) is 0 Å². The Kier molecular flexibility index (Phi) is 1.28. The summed E-state index contributed by atoms with van der Waals surface area (Å²) in [5.41, 5.74) is 6.80. The van der Waals surface area contributed by atoms with Gasteiger partial charge in [0.25, 0.3) is 0 Å². The molecule has 1 aromatic rings. The van der Waals surface area contributed by atoms with Crippen molar-refractivity contribution in [1.82, 2.24) is 4.98 Å². The van der Waals surface area contributed by atoms with Crippen molar-refractivity contribution in [2.45, 2.75) is 25.3 Å². The van der Waals surface area contributed by atoms with Gasteiger partial charge in [-0.25, -0.2) is 4.98 Å². The molecule has 2 atom stereocenters. The number of aryl methyl sites for hydroxylation is 1. The largest absolute Gasteiger partial charge is 0.327 e. The maximum absolute atomic E-state index is 5.67. The fourth-order valence-electron chi connectivity index (χ4n) is 1.04. The number of hydrogen-bond donors (Lipinski definition) is 1. The SMILES string of the molecule is Cc1csc([C@@H]2C[C@@H]2N)n1. The van der Waals surface area contributed by atoms with Gasteiger partial charge < -0.3 is 5.73 Å². The first-order chi connectivity index (χ1) is 4.77. The Bertz CT molecular complexity index is 244. The van der Waals surface area contributed by atoms with Crippen molar-refractivity contribution >= 4 is 11.3 Å². The number of nitrogens with zero attached hydrogens (tertiary/aromatic N) is 1. The number of nitrogens with two attached hydrogens (primary N) is 1. The number of aromatic nitrogens is 1. The summed E-state index contributed by atoms with van der Waals surface area (Å²) in [4.78, 5) is 4.36. The van der Waals surface area contributed by atoms with Crippen LogP contribution >= 0.6 is 11.3 Å². The molecule has 1 aliphatic carbocycles. The molecular formula is C7H10N2S. The van der Waals surface area contributed by atoms with Gasteiger partial charge in [-0.15, -0.1) is 11.3 Å². The Hall–Kier alpha value is -0.410. The first-order valence-corrected chi connectivity index (χ1v) is 4.33. The normalized spacial score (nSPS) is 30.6. The minimum Gasteiger partial charge on any atom is -0.327 e. The van der Waals surface area contributed by atoms with E-state index in [1.54, 1.807) is 11.3 Å². The van der Waals surface area contributed by atoms with Gasteiger partial charge in [-0.05, 0) is 13.3 Å². The summed E-state index contributed by atoms with van der Waals surface area (Å²) < 4.78 is 0. The van der Waals surface area contributed by atoms with Crippen molar-refractivity contribution in [3.05, 3.63) is 16.1 Å². The van der Waals surface area contributed by atoms with E-state index in [9.17, 15) is 0 Å². The molecule has 2 N–H and O–H groups in total. The summed E-state index contributed by atoms with van der Waals surface area (Å²) >= 11 is 1.73. The van der Waals surface area contributed by atoms with Crippen LogP contribution in [-0.2, 0) is 0 Å². The van der Waals surface area contributed by atoms with E-state index in [-0.39, 0.29) is 0 Å². The van der Waals surface area contributed by atoms with Gasteiger partial charge in [-0.2, -0.15) is 0 Å². The van der Waals surface area contributed by atoms with Gasteiger partial charge in [-0.3, -0.25) is 0 Å². The molecule has 1 aromatic heterocycles. The summed E-state index contributed by atoms with van der Waals surface area (Å²) in [5.74, 6) is 0.582. The lowest BCUT2D eigenvalue weighted by Crippen LogP contribution is -2.00. The Balaban J connectivity index is 2.20. The highest BCUT2D eigenvalue weighted by Crippen LogP contribution is 2.40. The average Bonchev–Trinajstić information content (AvgIpc) is 2.42. The number of hydrogen-bond acceptors (Lipinski definition) is 3. The molecule has 1 fully saturated rings. The van der Waals surface area contributed by atoms with Gasteiger partial charge in [-0.1, -0.05) is 0 Å². The Morgan fingerprint density at radius 2 is 2.50 bits per heavy atom. The van der Waals surface area contributed by atoms with E-state index in [1.165, 1.54) is 5.01 Å². The molecule has 0 amide bonds. The van der Waals surface area contributed by atoms with E-state index in [4.69, 9.17) is 5.73 Å². The second kappa shape index (κ2) is 2.04. The molecule has 3 heteroatoms. The number of thiazole rings is 1. The molecule has 1 heterocycles. The summed E-state index contributed by atoms with van der Waals surface area (Å²) in [5, 5.41) is 3.31. The predicted octanol–water partition coefficient (Wildman–Crippen LogP) is 1.27. The first-order valence-electron chi connectivity index (χ1n) is 3.45. The van der Waals surface area contributed by atoms with Gasteiger partial charge in [0.15, 0.2) is 0 Å². The minimum atomic E-state index is 0.394. The fraction of sp³-hybridized carbons (Fsp3) is 0.571. The van der Waals surface area contributed by atoms with Crippen LogP contribution in [0.1, 0.15) is 23.0 Å². The predicted molar refractivity (Wildman–Crippen MR) is 42.2 cm³/mol. The fourth-order valence-corrected chi connectivity index (χ4v) is 2.03. The molecule has 0 unspecified atom stereocenters. The van der Waals surface area contributed by atoms with Crippen LogP contribution in [-0.4, -0.2) is 11.0 Å². The standard InChI is InChI=1S/C7H10N2S/c1-4-3-10-7(9-4)5-2-6(5)8/h3,5-6H,2,8H2,1H3/t5-,6+/m1/s1. The van der Waals surface area contributed by atoms with Gasteiger partial charge in [0.2, 0.25) is 0 Å². The third-order valence-electron chi connectivity index (χ3n) is 1.79. The highest BCUT2D eigenvalue weighted by Gasteiger charge is 2.36. The van der Waals surface area contributed by atoms with Crippen LogP contribution in [0.3, 0.4) is 0 Å². The van der Waals surface area contributed by atoms with Crippen molar-refractivity contribution in [3.8, 4) is 0 Å². The molecule has 1 saturated carbocycles. The van der Waals surface area contributed by atoms with Crippen LogP contribution in [0.4, 0.5) is 0 Å². The third kappa shape index (κ3) is 0.954. The van der Waals surface area contributed by atoms with Gasteiger partial charge >= 0.3 is 0 Å². The van der Waals surface area contributed by atoms with E-state index >= 15 is 0 Å². The number of rotatable bonds is 1. The molecule has 0 spiro atoms. The van der Waals surface area contributed by atoms with E-state index in [0.29, 0.717) is 12.0 Å². The molecular weight excluding hydrogens is 144 g/mol. The van der Waals surface area contributed by atoms with E-state index in [1.807, 2.05) is 6.92 Å². The topological polar surface area (TPSA) is 38.9 Å². The van der Waals surface area contributed by atoms with Crippen molar-refractivity contribution < 1.29 is 0 Å². The lowest BCUT2D eigenvalue weighted by Gasteiger charge is -1.85. The molecule has 1 aliphatic rings. The summed E-state index contributed by atoms with van der Waals surface area (Å²) in [6.07, 6.45) is 1.13. The zero-order chi connectivity index (χ0) is 7.14. The molecule has 0 bridgehead atoms. The summed E-state index contributed by atoms with van der Waals surface area (Å²) in [6.45, 7) is 2.02. The van der Waals surface area contributed by atoms with Gasteiger partial charge in [0.1, 0.15) is 0 Å². The van der Waals surface area contributed by atoms with Crippen molar-refractivity contribution in [3.63, 3.8) is 0 Å². The van der Waals surface area contributed by atoms with Gasteiger partial charge in [0, 0.05) is 23.0 Å². The van der Waals surface area contributed by atoms with E-state index in [0.717, 1.165) is 12.1 Å². The second-order valence-corrected chi connectivity index (χ2v) is 3.72. The molecule has 54 valence electrons. The Labute approximate surface area is 64.1 Å². The lowest BCUT2D eigenvalue weighted by atomic mass is 10.4. The highest BCUT2D eigenvalue weighted by molar-refractivity contribution is 7.09. The average molecular weight is 154 g/mol. The molecule has 10 heavy (non-hydrogen) atoms. The molecule has 0 radical (unpaired) electrons. The Morgan fingerprint density at radius 3 is 2.90 bits per heavy atom. The highest BCUT2D eigenvalue weighted by atomic mass is 32.1. The quantitative estimate of drug-likeness (QED) is 0.661. The maximum atomic E-state index is 5.67. The van der Waals surface area contributed by atoms with Gasteiger partial charge in [0.05, 0.1) is 5.01 Å². The molecule has 2 nitrogen and oxygen atoms in total. The van der Waals surface area contributed by atoms with Crippen molar-refractivity contribution in [2.75, 3.05) is 0 Å². The van der Waals surface area contributed by atoms with E-state index in [2.05, 4.69) is 10.4 Å². The van der Waals surface area contributed by atoms with Crippen LogP contribution in [0.15, 0.2) is 5.38 Å². The van der Waals surface area contributed by atoms with Crippen LogP contribution in [0, 0.1) is 6.92 Å². The molecule has 0 aliphatic heterocycles. The maximum Gasteiger partial charge on any atom is 0.0975 e. The first kappa shape index (κ1) is 6.31. The second-order valence-electron chi connectivity index (χ2n) is 2.83. The summed E-state index contributed by atoms with van der Waals surface area (Å²) in [6, 6.07) is 0.394. The molecule has 0 aromatic carbocycles. The van der Waals surface area contributed by atoms with E-state index < -0.39 is 0 Å². The molecule has 0 saturated heterocycles. The monoisotopic (exact) mass is 154 g/mol. The molecule has 2 rings (SSSR count). The van der Waals surface area contributed by atoms with Crippen LogP contribution in [0.25, 0.3) is 0 Å². The Morgan fingerprint density at radius 1 is 1.80 bits per heavy atom. The summed E-state index contributed by atoms with van der Waals surface area (Å²) in [7, 11) is 0.